The van der Waals surface area contributed by atoms with Gasteiger partial charge in [0.05, 0.1) is 5.39 Å². The van der Waals surface area contributed by atoms with Crippen LogP contribution in [0.1, 0.15) is 18.9 Å². The lowest BCUT2D eigenvalue weighted by Crippen LogP contribution is -2.29. The minimum absolute atomic E-state index is 0.439. The fraction of sp³-hybridized carbons (Fsp3) is 0.294. The third-order valence-corrected chi connectivity index (χ3v) is 4.75. The Labute approximate surface area is 160 Å². The van der Waals surface area contributed by atoms with E-state index in [0.717, 1.165) is 53.1 Å². The van der Waals surface area contributed by atoms with Gasteiger partial charge in [-0.2, -0.15) is 0 Å². The average molecular weight is 399 g/mol. The molecule has 0 aliphatic carbocycles. The molecule has 1 aromatic carbocycles. The van der Waals surface area contributed by atoms with E-state index in [-0.39, 0.29) is 0 Å². The molecule has 0 radical (unpaired) electrons. The second-order valence-corrected chi connectivity index (χ2v) is 6.33. The molecular weight excluding hydrogens is 381 g/mol. The Morgan fingerprint density at radius 1 is 1.08 bits per heavy atom. The van der Waals surface area contributed by atoms with E-state index < -0.39 is 0 Å². The maximum absolute atomic E-state index is 6.16. The molecule has 0 spiro atoms. The predicted octanol–water partition coefficient (Wildman–Crippen LogP) is 4.64. The van der Waals surface area contributed by atoms with Crippen LogP contribution in [-0.4, -0.2) is 27.6 Å². The second-order valence-electron chi connectivity index (χ2n) is 5.90. The van der Waals surface area contributed by atoms with Gasteiger partial charge < -0.3 is 15.6 Å². The Hall–Kier alpha value is -1.53. The first-order chi connectivity index (χ1) is 12.2. The molecule has 1 aliphatic heterocycles. The van der Waals surface area contributed by atoms with Gasteiger partial charge in [0.15, 0.2) is 0 Å². The molecule has 3 heterocycles. The number of anilines is 1. The van der Waals surface area contributed by atoms with Crippen LogP contribution in [0, 0.1) is 0 Å². The largest absolute Gasteiger partial charge is 0.383 e. The van der Waals surface area contributed by atoms with Crippen LogP contribution in [0.5, 0.6) is 0 Å². The molecule has 1 saturated heterocycles. The lowest BCUT2D eigenvalue weighted by atomic mass is 10.1. The van der Waals surface area contributed by atoms with Gasteiger partial charge in [0, 0.05) is 44.5 Å². The van der Waals surface area contributed by atoms with Crippen LogP contribution >= 0.6 is 33.3 Å². The van der Waals surface area contributed by atoms with Crippen LogP contribution in [0.2, 0.25) is 5.02 Å². The van der Waals surface area contributed by atoms with E-state index in [2.05, 4.69) is 47.8 Å². The molecule has 1 fully saturated rings. The topological polar surface area (TPSA) is 68.8 Å². The molecule has 0 amide bonds. The van der Waals surface area contributed by atoms with Gasteiger partial charge in [-0.1, -0.05) is 23.7 Å². The number of hydrogen-bond donors (Lipinski definition) is 2. The van der Waals surface area contributed by atoms with E-state index in [4.69, 9.17) is 17.3 Å². The highest BCUT2D eigenvalue weighted by atomic mass is 36.5. The molecule has 25 heavy (non-hydrogen) atoms. The van der Waals surface area contributed by atoms with Gasteiger partial charge in [-0.3, -0.25) is 0 Å². The van der Waals surface area contributed by atoms with Gasteiger partial charge in [0.1, 0.15) is 17.8 Å². The first kappa shape index (κ1) is 18.3. The summed E-state index contributed by atoms with van der Waals surface area (Å²) in [6, 6.07) is 8.25. The van der Waals surface area contributed by atoms with Crippen molar-refractivity contribution < 1.29 is 0 Å². The summed E-state index contributed by atoms with van der Waals surface area (Å²) in [4.78, 5) is 8.69. The van der Waals surface area contributed by atoms with E-state index in [1.165, 1.54) is 0 Å². The monoisotopic (exact) mass is 397 g/mol. The Morgan fingerprint density at radius 2 is 1.76 bits per heavy atom. The summed E-state index contributed by atoms with van der Waals surface area (Å²) < 4.78 is 2.26. The normalized spacial score (nSPS) is 15.0. The van der Waals surface area contributed by atoms with Gasteiger partial charge >= 0.3 is 0 Å². The standard InChI is InChI=1S/C17H18ClN5.Cl2/c18-12-3-1-11(2-4-12)14-9-23(13-5-7-20-8-6-13)17-15(14)16(19)21-10-22-17;1-2/h1-4,9-10,13,20H,5-8H2,(H2,19,21,22);. The van der Waals surface area contributed by atoms with Crippen molar-refractivity contribution in [2.75, 3.05) is 18.8 Å². The van der Waals surface area contributed by atoms with Crippen molar-refractivity contribution in [1.82, 2.24) is 19.9 Å². The lowest BCUT2D eigenvalue weighted by molar-refractivity contribution is 0.375. The summed E-state index contributed by atoms with van der Waals surface area (Å²) in [7, 11) is 8.22. The van der Waals surface area contributed by atoms with E-state index in [9.17, 15) is 0 Å². The van der Waals surface area contributed by atoms with Gasteiger partial charge in [-0.15, -0.1) is 0 Å². The van der Waals surface area contributed by atoms with Crippen LogP contribution < -0.4 is 11.1 Å². The Bertz CT molecular complexity index is 841. The van der Waals surface area contributed by atoms with E-state index >= 15 is 0 Å². The molecular formula is C17H18Cl3N5. The van der Waals surface area contributed by atoms with Crippen LogP contribution in [0.15, 0.2) is 36.8 Å². The Morgan fingerprint density at radius 3 is 2.44 bits per heavy atom. The number of nitrogen functional groups attached to an aromatic ring is 1. The minimum atomic E-state index is 0.439. The number of benzene rings is 1. The number of aromatic nitrogens is 3. The fourth-order valence-corrected chi connectivity index (χ4v) is 3.45. The molecule has 132 valence electrons. The number of hydrogen-bond acceptors (Lipinski definition) is 4. The first-order valence-corrected chi connectivity index (χ1v) is 9.48. The average Bonchev–Trinajstić information content (AvgIpc) is 3.06. The van der Waals surface area contributed by atoms with Crippen molar-refractivity contribution in [3.05, 3.63) is 41.8 Å². The molecule has 3 N–H and O–H groups in total. The molecule has 0 bridgehead atoms. The third-order valence-electron chi connectivity index (χ3n) is 4.50. The molecule has 3 aromatic rings. The van der Waals surface area contributed by atoms with Gasteiger partial charge in [0.2, 0.25) is 0 Å². The van der Waals surface area contributed by atoms with Gasteiger partial charge in [0.25, 0.3) is 0 Å². The van der Waals surface area contributed by atoms with Crippen LogP contribution in [0.25, 0.3) is 22.2 Å². The fourth-order valence-electron chi connectivity index (χ4n) is 3.32. The number of nitrogens with zero attached hydrogens (tertiary/aromatic N) is 3. The van der Waals surface area contributed by atoms with Crippen molar-refractivity contribution in [1.29, 1.82) is 0 Å². The molecule has 0 unspecified atom stereocenters. The zero-order valence-corrected chi connectivity index (χ0v) is 15.7. The number of halogens is 3. The highest BCUT2D eigenvalue weighted by Crippen LogP contribution is 2.36. The maximum atomic E-state index is 6.16. The van der Waals surface area contributed by atoms with E-state index in [0.29, 0.717) is 11.9 Å². The summed E-state index contributed by atoms with van der Waals surface area (Å²) in [5.74, 6) is 0.521. The second kappa shape index (κ2) is 8.23. The first-order valence-electron chi connectivity index (χ1n) is 7.96. The number of nitrogens with two attached hydrogens (primary N) is 1. The predicted molar refractivity (Wildman–Crippen MR) is 105 cm³/mol. The van der Waals surface area contributed by atoms with Crippen LogP contribution in [0.4, 0.5) is 5.82 Å². The zero-order valence-electron chi connectivity index (χ0n) is 13.4. The third kappa shape index (κ3) is 3.70. The summed E-state index contributed by atoms with van der Waals surface area (Å²) >= 11 is 6.01. The van der Waals surface area contributed by atoms with Crippen LogP contribution in [-0.2, 0) is 0 Å². The highest BCUT2D eigenvalue weighted by Gasteiger charge is 2.21. The summed E-state index contributed by atoms with van der Waals surface area (Å²) in [5.41, 5.74) is 9.22. The molecule has 0 atom stereocenters. The van der Waals surface area contributed by atoms with Crippen molar-refractivity contribution in [2.24, 2.45) is 0 Å². The molecule has 5 nitrogen and oxygen atoms in total. The molecule has 4 rings (SSSR count). The zero-order chi connectivity index (χ0) is 17.8. The number of piperidine rings is 1. The number of rotatable bonds is 2. The quantitative estimate of drug-likeness (QED) is 0.660. The summed E-state index contributed by atoms with van der Waals surface area (Å²) in [6.07, 6.45) is 5.89. The van der Waals surface area contributed by atoms with Crippen LogP contribution in [0.3, 0.4) is 0 Å². The lowest BCUT2D eigenvalue weighted by Gasteiger charge is -2.24. The molecule has 8 heteroatoms. The van der Waals surface area contributed by atoms with Crippen molar-refractivity contribution in [3.8, 4) is 11.1 Å². The van der Waals surface area contributed by atoms with Gasteiger partial charge in [-0.05, 0) is 43.6 Å². The minimum Gasteiger partial charge on any atom is -0.383 e. The highest BCUT2D eigenvalue weighted by molar-refractivity contribution is 6.85. The Balaban J connectivity index is 0.000000880. The van der Waals surface area contributed by atoms with Crippen molar-refractivity contribution >= 4 is 50.2 Å². The summed E-state index contributed by atoms with van der Waals surface area (Å²) in [6.45, 7) is 2.06. The molecule has 2 aromatic heterocycles. The number of fused-ring (bicyclic) bond motifs is 1. The van der Waals surface area contributed by atoms with E-state index in [1.54, 1.807) is 6.33 Å². The Kier molecular flexibility index (Phi) is 6.02. The SMILES string of the molecule is ClCl.Nc1ncnc2c1c(-c1ccc(Cl)cc1)cn2C1CCNCC1. The molecule has 1 aliphatic rings. The van der Waals surface area contributed by atoms with Crippen molar-refractivity contribution in [3.63, 3.8) is 0 Å². The molecule has 0 saturated carbocycles. The van der Waals surface area contributed by atoms with Gasteiger partial charge in [-0.25, -0.2) is 9.97 Å². The number of nitrogens with one attached hydrogen (secondary N) is 1. The maximum Gasteiger partial charge on any atom is 0.146 e. The summed E-state index contributed by atoms with van der Waals surface area (Å²) in [5, 5.41) is 5.05. The van der Waals surface area contributed by atoms with E-state index in [1.807, 2.05) is 24.3 Å². The van der Waals surface area contributed by atoms with Crippen molar-refractivity contribution in [2.45, 2.75) is 18.9 Å². The smallest absolute Gasteiger partial charge is 0.146 e.